The van der Waals surface area contributed by atoms with Crippen molar-refractivity contribution in [2.75, 3.05) is 19.7 Å². The second-order valence-corrected chi connectivity index (χ2v) is 5.49. The van der Waals surface area contributed by atoms with Crippen molar-refractivity contribution < 1.29 is 4.74 Å². The summed E-state index contributed by atoms with van der Waals surface area (Å²) in [7, 11) is 0. The zero-order valence-corrected chi connectivity index (χ0v) is 12.7. The van der Waals surface area contributed by atoms with E-state index in [-0.39, 0.29) is 6.10 Å². The first-order chi connectivity index (χ1) is 10.8. The van der Waals surface area contributed by atoms with Crippen molar-refractivity contribution in [3.8, 4) is 0 Å². The van der Waals surface area contributed by atoms with Crippen LogP contribution in [0.2, 0.25) is 0 Å². The van der Waals surface area contributed by atoms with Gasteiger partial charge in [-0.15, -0.1) is 0 Å². The molecule has 3 nitrogen and oxygen atoms in total. The van der Waals surface area contributed by atoms with E-state index in [9.17, 15) is 0 Å². The molecule has 0 saturated carbocycles. The topological polar surface area (TPSA) is 47.3 Å². The molecule has 2 aromatic carbocycles. The second kappa shape index (κ2) is 6.88. The molecule has 0 spiro atoms. The summed E-state index contributed by atoms with van der Waals surface area (Å²) in [6.45, 7) is 7.23. The zero-order chi connectivity index (χ0) is 15.4. The zero-order valence-electron chi connectivity index (χ0n) is 12.7. The van der Waals surface area contributed by atoms with Crippen molar-refractivity contribution in [1.29, 1.82) is 0 Å². The van der Waals surface area contributed by atoms with Gasteiger partial charge in [-0.25, -0.2) is 0 Å². The van der Waals surface area contributed by atoms with Crippen LogP contribution in [0, 0.1) is 0 Å². The Balaban J connectivity index is 1.99. The molecule has 1 aliphatic rings. The number of ether oxygens (including phenoxy) is 1. The van der Waals surface area contributed by atoms with Gasteiger partial charge in [0.1, 0.15) is 0 Å². The monoisotopic (exact) mass is 294 g/mol. The molecule has 22 heavy (non-hydrogen) atoms. The van der Waals surface area contributed by atoms with Crippen molar-refractivity contribution >= 4 is 5.57 Å². The highest BCUT2D eigenvalue weighted by Crippen LogP contribution is 2.31. The minimum absolute atomic E-state index is 0.0656. The number of nitrogens with two attached hydrogens (primary N) is 1. The number of nitrogens with one attached hydrogen (secondary N) is 1. The number of hydrogen-bond acceptors (Lipinski definition) is 3. The molecular formula is C19H22N2O. The van der Waals surface area contributed by atoms with Gasteiger partial charge in [0.05, 0.1) is 12.7 Å². The van der Waals surface area contributed by atoms with Crippen LogP contribution in [0.15, 0.2) is 55.1 Å². The summed E-state index contributed by atoms with van der Waals surface area (Å²) >= 11 is 0. The molecule has 0 aromatic heterocycles. The van der Waals surface area contributed by atoms with Gasteiger partial charge in [-0.1, -0.05) is 55.1 Å². The number of hydrogen-bond donors (Lipinski definition) is 2. The average Bonchev–Trinajstić information content (AvgIpc) is 2.62. The van der Waals surface area contributed by atoms with E-state index >= 15 is 0 Å². The molecule has 1 atom stereocenters. The molecule has 0 aliphatic carbocycles. The van der Waals surface area contributed by atoms with E-state index in [4.69, 9.17) is 10.5 Å². The van der Waals surface area contributed by atoms with Crippen molar-refractivity contribution in [2.24, 2.45) is 5.73 Å². The Morgan fingerprint density at radius 1 is 1.18 bits per heavy atom. The molecule has 1 heterocycles. The lowest BCUT2D eigenvalue weighted by Gasteiger charge is -2.27. The Labute approximate surface area is 131 Å². The first-order valence-corrected chi connectivity index (χ1v) is 7.70. The van der Waals surface area contributed by atoms with E-state index < -0.39 is 0 Å². The summed E-state index contributed by atoms with van der Waals surface area (Å²) in [6.07, 6.45) is 0.0656. The third-order valence-corrected chi connectivity index (χ3v) is 4.14. The lowest BCUT2D eigenvalue weighted by molar-refractivity contribution is 0.0271. The van der Waals surface area contributed by atoms with Gasteiger partial charge < -0.3 is 15.8 Å². The molecule has 1 aliphatic heterocycles. The minimum atomic E-state index is 0.0656. The smallest absolute Gasteiger partial charge is 0.0953 e. The standard InChI is InChI=1S/C19H22N2O/c1-14(15-6-3-2-4-7-15)16-8-5-9-17(18(16)12-20)19-13-21-10-11-22-19/h2-9,19,21H,1,10-13,20H2. The normalized spacial score (nSPS) is 18.1. The number of rotatable bonds is 4. The summed E-state index contributed by atoms with van der Waals surface area (Å²) in [5.74, 6) is 0. The van der Waals surface area contributed by atoms with Gasteiger partial charge in [-0.2, -0.15) is 0 Å². The fourth-order valence-electron chi connectivity index (χ4n) is 2.98. The maximum absolute atomic E-state index is 6.06. The van der Waals surface area contributed by atoms with E-state index in [2.05, 4.69) is 42.2 Å². The van der Waals surface area contributed by atoms with E-state index in [1.54, 1.807) is 0 Å². The van der Waals surface area contributed by atoms with Gasteiger partial charge in [0.2, 0.25) is 0 Å². The molecule has 1 saturated heterocycles. The summed E-state index contributed by atoms with van der Waals surface area (Å²) in [6, 6.07) is 16.5. The first-order valence-electron chi connectivity index (χ1n) is 7.70. The fraction of sp³-hybridized carbons (Fsp3) is 0.263. The van der Waals surface area contributed by atoms with Crippen molar-refractivity contribution in [3.05, 3.63) is 77.4 Å². The van der Waals surface area contributed by atoms with Gasteiger partial charge in [-0.3, -0.25) is 0 Å². The molecule has 3 heteroatoms. The van der Waals surface area contributed by atoms with Crippen LogP contribution in [-0.4, -0.2) is 19.7 Å². The Kier molecular flexibility index (Phi) is 4.68. The van der Waals surface area contributed by atoms with Crippen LogP contribution < -0.4 is 11.1 Å². The minimum Gasteiger partial charge on any atom is -0.371 e. The third kappa shape index (κ3) is 2.97. The molecule has 3 rings (SSSR count). The second-order valence-electron chi connectivity index (χ2n) is 5.49. The molecule has 1 unspecified atom stereocenters. The van der Waals surface area contributed by atoms with Crippen molar-refractivity contribution in [2.45, 2.75) is 12.6 Å². The SMILES string of the molecule is C=C(c1ccccc1)c1cccc(C2CNCCO2)c1CN. The van der Waals surface area contributed by atoms with Crippen LogP contribution in [0.3, 0.4) is 0 Å². The lowest BCUT2D eigenvalue weighted by Crippen LogP contribution is -2.34. The van der Waals surface area contributed by atoms with Crippen LogP contribution >= 0.6 is 0 Å². The van der Waals surface area contributed by atoms with Crippen LogP contribution in [0.1, 0.15) is 28.4 Å². The quantitative estimate of drug-likeness (QED) is 0.911. The van der Waals surface area contributed by atoms with E-state index in [1.165, 1.54) is 5.56 Å². The average molecular weight is 294 g/mol. The van der Waals surface area contributed by atoms with Gasteiger partial charge in [0.25, 0.3) is 0 Å². The summed E-state index contributed by atoms with van der Waals surface area (Å²) in [4.78, 5) is 0. The van der Waals surface area contributed by atoms with Crippen molar-refractivity contribution in [3.63, 3.8) is 0 Å². The Bertz CT molecular complexity index is 646. The van der Waals surface area contributed by atoms with E-state index in [0.29, 0.717) is 6.54 Å². The maximum atomic E-state index is 6.06. The Hall–Kier alpha value is -1.94. The molecule has 0 bridgehead atoms. The molecule has 3 N–H and O–H groups in total. The number of morpholine rings is 1. The molecular weight excluding hydrogens is 272 g/mol. The lowest BCUT2D eigenvalue weighted by atomic mass is 9.90. The molecule has 0 amide bonds. The van der Waals surface area contributed by atoms with Crippen LogP contribution in [-0.2, 0) is 11.3 Å². The maximum Gasteiger partial charge on any atom is 0.0953 e. The predicted molar refractivity (Wildman–Crippen MR) is 90.5 cm³/mol. The van der Waals surface area contributed by atoms with Gasteiger partial charge >= 0.3 is 0 Å². The largest absolute Gasteiger partial charge is 0.371 e. The Morgan fingerprint density at radius 2 is 2.00 bits per heavy atom. The molecule has 114 valence electrons. The summed E-state index contributed by atoms with van der Waals surface area (Å²) in [5.41, 5.74) is 11.6. The van der Waals surface area contributed by atoms with Gasteiger partial charge in [0, 0.05) is 19.6 Å². The third-order valence-electron chi connectivity index (χ3n) is 4.14. The van der Waals surface area contributed by atoms with E-state index in [0.717, 1.165) is 42.0 Å². The molecule has 2 aromatic rings. The first kappa shape index (κ1) is 15.0. The van der Waals surface area contributed by atoms with Crippen LogP contribution in [0.25, 0.3) is 5.57 Å². The fourth-order valence-corrected chi connectivity index (χ4v) is 2.98. The molecule has 0 radical (unpaired) electrons. The predicted octanol–water partition coefficient (Wildman–Crippen LogP) is 2.87. The molecule has 1 fully saturated rings. The van der Waals surface area contributed by atoms with Gasteiger partial charge in [-0.05, 0) is 27.8 Å². The highest BCUT2D eigenvalue weighted by atomic mass is 16.5. The van der Waals surface area contributed by atoms with Crippen molar-refractivity contribution in [1.82, 2.24) is 5.32 Å². The summed E-state index contributed by atoms with van der Waals surface area (Å²) in [5, 5.41) is 3.38. The highest BCUT2D eigenvalue weighted by molar-refractivity contribution is 5.80. The van der Waals surface area contributed by atoms with E-state index in [1.807, 2.05) is 18.2 Å². The van der Waals surface area contributed by atoms with Gasteiger partial charge in [0.15, 0.2) is 0 Å². The number of benzene rings is 2. The van der Waals surface area contributed by atoms with Crippen LogP contribution in [0.5, 0.6) is 0 Å². The highest BCUT2D eigenvalue weighted by Gasteiger charge is 2.20. The summed E-state index contributed by atoms with van der Waals surface area (Å²) < 4.78 is 5.90. The van der Waals surface area contributed by atoms with Crippen LogP contribution in [0.4, 0.5) is 0 Å². The Morgan fingerprint density at radius 3 is 2.68 bits per heavy atom.